The van der Waals surface area contributed by atoms with Gasteiger partial charge in [0.2, 0.25) is 5.91 Å². The van der Waals surface area contributed by atoms with Crippen LogP contribution in [0.25, 0.3) is 0 Å². The highest BCUT2D eigenvalue weighted by Gasteiger charge is 2.26. The Balaban J connectivity index is 3.42. The standard InChI is InChI=1S/C25H35NO5/c1-8-10-11-12-24(27)26(17-20-13-14-21(29-6)16-23(20)30-7)22(18(3)4)15-19(5)25(28)31-9-2/h8,10-16,18,22H,9,17H2,1-7H3/b10-8+,12-11+,19-15+/t22-/m1/s1. The molecule has 6 nitrogen and oxygen atoms in total. The molecule has 0 unspecified atom stereocenters. The number of benzene rings is 1. The second-order valence-corrected chi connectivity index (χ2v) is 7.33. The van der Waals surface area contributed by atoms with Gasteiger partial charge in [0.1, 0.15) is 11.5 Å². The Morgan fingerprint density at radius 3 is 2.39 bits per heavy atom. The van der Waals surface area contributed by atoms with Gasteiger partial charge in [-0.2, -0.15) is 0 Å². The maximum absolute atomic E-state index is 13.2. The van der Waals surface area contributed by atoms with E-state index in [1.807, 2.05) is 39.0 Å². The van der Waals surface area contributed by atoms with Crippen LogP contribution >= 0.6 is 0 Å². The third-order valence-electron chi connectivity index (χ3n) is 4.72. The van der Waals surface area contributed by atoms with Gasteiger partial charge in [0.25, 0.3) is 0 Å². The van der Waals surface area contributed by atoms with E-state index < -0.39 is 0 Å². The molecule has 0 bridgehead atoms. The van der Waals surface area contributed by atoms with E-state index in [0.29, 0.717) is 30.2 Å². The fourth-order valence-corrected chi connectivity index (χ4v) is 3.05. The molecule has 1 rings (SSSR count). The van der Waals surface area contributed by atoms with E-state index in [1.165, 1.54) is 6.08 Å². The molecule has 0 aromatic heterocycles. The lowest BCUT2D eigenvalue weighted by atomic mass is 9.98. The van der Waals surface area contributed by atoms with Crippen molar-refractivity contribution in [1.29, 1.82) is 0 Å². The number of carbonyl (C=O) groups is 2. The van der Waals surface area contributed by atoms with Crippen LogP contribution in [0, 0.1) is 5.92 Å². The van der Waals surface area contributed by atoms with Crippen molar-refractivity contribution in [2.45, 2.75) is 47.2 Å². The summed E-state index contributed by atoms with van der Waals surface area (Å²) in [5.74, 6) is 0.815. The van der Waals surface area contributed by atoms with Crippen molar-refractivity contribution >= 4 is 11.9 Å². The fraction of sp³-hybridized carbons (Fsp3) is 0.440. The summed E-state index contributed by atoms with van der Waals surface area (Å²) in [4.78, 5) is 27.1. The summed E-state index contributed by atoms with van der Waals surface area (Å²) in [6.07, 6.45) is 8.69. The lowest BCUT2D eigenvalue weighted by molar-refractivity contribution is -0.138. The van der Waals surface area contributed by atoms with Gasteiger partial charge < -0.3 is 19.1 Å². The third-order valence-corrected chi connectivity index (χ3v) is 4.72. The van der Waals surface area contributed by atoms with E-state index in [9.17, 15) is 9.59 Å². The summed E-state index contributed by atoms with van der Waals surface area (Å²) in [5.41, 5.74) is 1.31. The molecule has 1 atom stereocenters. The predicted octanol–water partition coefficient (Wildman–Crippen LogP) is 4.70. The first-order chi connectivity index (χ1) is 14.8. The number of hydrogen-bond donors (Lipinski definition) is 0. The maximum Gasteiger partial charge on any atom is 0.333 e. The molecule has 31 heavy (non-hydrogen) atoms. The molecular weight excluding hydrogens is 394 g/mol. The van der Waals surface area contributed by atoms with Crippen molar-refractivity contribution in [3.05, 3.63) is 59.7 Å². The van der Waals surface area contributed by atoms with Crippen LogP contribution in [0.1, 0.15) is 40.2 Å². The normalized spacial score (nSPS) is 13.0. The number of allylic oxidation sites excluding steroid dienone is 3. The second kappa shape index (κ2) is 13.3. The van der Waals surface area contributed by atoms with Crippen LogP contribution in [0.15, 0.2) is 54.2 Å². The van der Waals surface area contributed by atoms with Crippen molar-refractivity contribution in [2.75, 3.05) is 20.8 Å². The second-order valence-electron chi connectivity index (χ2n) is 7.33. The summed E-state index contributed by atoms with van der Waals surface area (Å²) in [5, 5.41) is 0. The summed E-state index contributed by atoms with van der Waals surface area (Å²) < 4.78 is 15.9. The number of ether oxygens (including phenoxy) is 3. The van der Waals surface area contributed by atoms with E-state index >= 15 is 0 Å². The largest absolute Gasteiger partial charge is 0.497 e. The first-order valence-corrected chi connectivity index (χ1v) is 10.4. The van der Waals surface area contributed by atoms with Crippen LogP contribution in [-0.4, -0.2) is 43.6 Å². The van der Waals surface area contributed by atoms with Gasteiger partial charge in [-0.3, -0.25) is 4.79 Å². The minimum absolute atomic E-state index is 0.0627. The number of amides is 1. The van der Waals surface area contributed by atoms with E-state index in [4.69, 9.17) is 14.2 Å². The van der Waals surface area contributed by atoms with E-state index in [1.54, 1.807) is 57.3 Å². The van der Waals surface area contributed by atoms with Crippen LogP contribution in [-0.2, 0) is 20.9 Å². The Kier molecular flexibility index (Phi) is 11.2. The molecule has 0 aliphatic carbocycles. The molecule has 0 radical (unpaired) electrons. The van der Waals surface area contributed by atoms with Gasteiger partial charge in [-0.05, 0) is 38.8 Å². The third kappa shape index (κ3) is 7.96. The number of nitrogens with zero attached hydrogens (tertiary/aromatic N) is 1. The van der Waals surface area contributed by atoms with Gasteiger partial charge >= 0.3 is 5.97 Å². The Morgan fingerprint density at radius 2 is 1.84 bits per heavy atom. The average Bonchev–Trinajstić information content (AvgIpc) is 2.75. The van der Waals surface area contributed by atoms with Gasteiger partial charge in [0, 0.05) is 23.3 Å². The predicted molar refractivity (Wildman–Crippen MR) is 123 cm³/mol. The van der Waals surface area contributed by atoms with Gasteiger partial charge in [0.15, 0.2) is 0 Å². The lowest BCUT2D eigenvalue weighted by Gasteiger charge is -2.33. The zero-order valence-corrected chi connectivity index (χ0v) is 19.7. The van der Waals surface area contributed by atoms with E-state index in [0.717, 1.165) is 5.56 Å². The molecule has 0 saturated heterocycles. The minimum Gasteiger partial charge on any atom is -0.497 e. The SMILES string of the molecule is C/C=C/C=C/C(=O)N(Cc1ccc(OC)cc1OC)[C@H](/C=C(\C)C(=O)OCC)C(C)C. The van der Waals surface area contributed by atoms with Crippen molar-refractivity contribution in [3.63, 3.8) is 0 Å². The number of methoxy groups -OCH3 is 2. The molecule has 0 aliphatic rings. The smallest absolute Gasteiger partial charge is 0.333 e. The molecule has 170 valence electrons. The van der Waals surface area contributed by atoms with Gasteiger partial charge in [-0.1, -0.05) is 38.2 Å². The van der Waals surface area contributed by atoms with Crippen molar-refractivity contribution in [3.8, 4) is 11.5 Å². The van der Waals surface area contributed by atoms with Crippen LogP contribution in [0.4, 0.5) is 0 Å². The molecule has 0 spiro atoms. The molecule has 0 heterocycles. The fourth-order valence-electron chi connectivity index (χ4n) is 3.05. The molecule has 0 aliphatic heterocycles. The Hall–Kier alpha value is -3.02. The van der Waals surface area contributed by atoms with Crippen molar-refractivity contribution in [1.82, 2.24) is 4.90 Å². The minimum atomic E-state index is -0.382. The summed E-state index contributed by atoms with van der Waals surface area (Å²) in [6.45, 7) is 10.00. The molecule has 1 aromatic rings. The molecule has 0 N–H and O–H groups in total. The Labute approximate surface area is 186 Å². The van der Waals surface area contributed by atoms with Gasteiger partial charge in [0.05, 0.1) is 33.4 Å². The Morgan fingerprint density at radius 1 is 1.13 bits per heavy atom. The highest BCUT2D eigenvalue weighted by Crippen LogP contribution is 2.28. The highest BCUT2D eigenvalue weighted by atomic mass is 16.5. The van der Waals surface area contributed by atoms with Crippen LogP contribution in [0.5, 0.6) is 11.5 Å². The number of rotatable bonds is 11. The number of hydrogen-bond acceptors (Lipinski definition) is 5. The lowest BCUT2D eigenvalue weighted by Crippen LogP contribution is -2.41. The monoisotopic (exact) mass is 429 g/mol. The quantitative estimate of drug-likeness (QED) is 0.290. The number of esters is 1. The van der Waals surface area contributed by atoms with E-state index in [2.05, 4.69) is 0 Å². The maximum atomic E-state index is 13.2. The topological polar surface area (TPSA) is 65.1 Å². The van der Waals surface area contributed by atoms with Crippen molar-refractivity contribution < 1.29 is 23.8 Å². The number of carbonyl (C=O) groups excluding carboxylic acids is 2. The van der Waals surface area contributed by atoms with Crippen molar-refractivity contribution in [2.24, 2.45) is 5.92 Å². The van der Waals surface area contributed by atoms with Crippen LogP contribution in [0.2, 0.25) is 0 Å². The molecular formula is C25H35NO5. The summed E-state index contributed by atoms with van der Waals surface area (Å²) in [6, 6.07) is 5.18. The average molecular weight is 430 g/mol. The first-order valence-electron chi connectivity index (χ1n) is 10.4. The zero-order chi connectivity index (χ0) is 23.4. The highest BCUT2D eigenvalue weighted by molar-refractivity contribution is 5.90. The Bertz CT molecular complexity index is 823. The summed E-state index contributed by atoms with van der Waals surface area (Å²) in [7, 11) is 3.18. The van der Waals surface area contributed by atoms with Crippen LogP contribution < -0.4 is 9.47 Å². The molecule has 0 saturated carbocycles. The molecule has 0 fully saturated rings. The van der Waals surface area contributed by atoms with Gasteiger partial charge in [-0.25, -0.2) is 4.79 Å². The van der Waals surface area contributed by atoms with Crippen LogP contribution in [0.3, 0.4) is 0 Å². The zero-order valence-electron chi connectivity index (χ0n) is 19.7. The van der Waals surface area contributed by atoms with E-state index in [-0.39, 0.29) is 23.8 Å². The summed E-state index contributed by atoms with van der Waals surface area (Å²) >= 11 is 0. The first kappa shape index (κ1) is 26.0. The molecule has 6 heteroatoms. The molecule has 1 amide bonds. The van der Waals surface area contributed by atoms with Gasteiger partial charge in [-0.15, -0.1) is 0 Å². The molecule has 1 aromatic carbocycles.